The first-order valence-corrected chi connectivity index (χ1v) is 8.97. The van der Waals surface area contributed by atoms with Crippen LogP contribution in [0.1, 0.15) is 45.3 Å². The molecule has 6 nitrogen and oxygen atoms in total. The fraction of sp³-hybridized carbons (Fsp3) is 0.714. The molecule has 120 valence electrons. The molecule has 1 aromatic heterocycles. The SMILES string of the molecule is CCC(CC)n1ccc(CS(=O)(=O)CC(C)C(=O)OC)n1. The van der Waals surface area contributed by atoms with Gasteiger partial charge in [0.1, 0.15) is 0 Å². The Balaban J connectivity index is 2.74. The molecular weight excluding hydrogens is 292 g/mol. The molecule has 0 amide bonds. The van der Waals surface area contributed by atoms with E-state index in [4.69, 9.17) is 0 Å². The number of ether oxygens (including phenoxy) is 1. The summed E-state index contributed by atoms with van der Waals surface area (Å²) in [5.74, 6) is -1.55. The van der Waals surface area contributed by atoms with Gasteiger partial charge in [0.25, 0.3) is 0 Å². The Morgan fingerprint density at radius 2 is 2.00 bits per heavy atom. The summed E-state index contributed by atoms with van der Waals surface area (Å²) in [5, 5.41) is 4.33. The zero-order chi connectivity index (χ0) is 16.0. The van der Waals surface area contributed by atoms with Crippen LogP contribution in [0.2, 0.25) is 0 Å². The van der Waals surface area contributed by atoms with Crippen LogP contribution >= 0.6 is 0 Å². The Bertz CT molecular complexity index is 561. The summed E-state index contributed by atoms with van der Waals surface area (Å²) in [6, 6.07) is 2.01. The highest BCUT2D eigenvalue weighted by atomic mass is 32.2. The van der Waals surface area contributed by atoms with Gasteiger partial charge in [0.15, 0.2) is 9.84 Å². The van der Waals surface area contributed by atoms with Gasteiger partial charge in [-0.05, 0) is 18.9 Å². The van der Waals surface area contributed by atoms with Crippen LogP contribution in [0.5, 0.6) is 0 Å². The Hall–Kier alpha value is -1.37. The van der Waals surface area contributed by atoms with Gasteiger partial charge < -0.3 is 4.74 Å². The molecule has 1 heterocycles. The smallest absolute Gasteiger partial charge is 0.309 e. The van der Waals surface area contributed by atoms with E-state index >= 15 is 0 Å². The Labute approximate surface area is 126 Å². The molecule has 1 atom stereocenters. The number of rotatable bonds is 8. The Morgan fingerprint density at radius 3 is 2.52 bits per heavy atom. The average Bonchev–Trinajstić information content (AvgIpc) is 2.86. The van der Waals surface area contributed by atoms with Crippen molar-refractivity contribution in [2.24, 2.45) is 5.92 Å². The fourth-order valence-corrected chi connectivity index (χ4v) is 3.88. The fourth-order valence-electron chi connectivity index (χ4n) is 2.25. The first kappa shape index (κ1) is 17.7. The van der Waals surface area contributed by atoms with Crippen LogP contribution in [0.3, 0.4) is 0 Å². The van der Waals surface area contributed by atoms with Crippen molar-refractivity contribution in [1.29, 1.82) is 0 Å². The van der Waals surface area contributed by atoms with Gasteiger partial charge in [-0.1, -0.05) is 20.8 Å². The van der Waals surface area contributed by atoms with E-state index in [1.54, 1.807) is 13.0 Å². The summed E-state index contributed by atoms with van der Waals surface area (Å²) in [5.41, 5.74) is 0.513. The maximum absolute atomic E-state index is 12.1. The third-order valence-corrected chi connectivity index (χ3v) is 5.20. The van der Waals surface area contributed by atoms with Crippen molar-refractivity contribution in [2.75, 3.05) is 12.9 Å². The van der Waals surface area contributed by atoms with Gasteiger partial charge in [0, 0.05) is 6.20 Å². The number of aromatic nitrogens is 2. The third kappa shape index (κ3) is 5.15. The van der Waals surface area contributed by atoms with Gasteiger partial charge in [-0.2, -0.15) is 5.10 Å². The summed E-state index contributed by atoms with van der Waals surface area (Å²) in [4.78, 5) is 11.3. The van der Waals surface area contributed by atoms with Gasteiger partial charge in [-0.15, -0.1) is 0 Å². The van der Waals surface area contributed by atoms with Crippen LogP contribution in [0.15, 0.2) is 12.3 Å². The molecule has 0 aliphatic rings. The molecule has 0 aromatic carbocycles. The van der Waals surface area contributed by atoms with E-state index in [1.807, 2.05) is 10.9 Å². The van der Waals surface area contributed by atoms with Crippen molar-refractivity contribution >= 4 is 15.8 Å². The molecule has 0 spiro atoms. The highest BCUT2D eigenvalue weighted by molar-refractivity contribution is 7.90. The van der Waals surface area contributed by atoms with E-state index in [1.165, 1.54) is 7.11 Å². The molecule has 0 N–H and O–H groups in total. The largest absolute Gasteiger partial charge is 0.469 e. The van der Waals surface area contributed by atoms with Gasteiger partial charge in [0.05, 0.1) is 36.3 Å². The Kier molecular flexibility index (Phi) is 6.39. The van der Waals surface area contributed by atoms with Gasteiger partial charge in [0.2, 0.25) is 0 Å². The molecule has 0 saturated carbocycles. The first-order chi connectivity index (χ1) is 9.82. The number of methoxy groups -OCH3 is 1. The quantitative estimate of drug-likeness (QED) is 0.685. The van der Waals surface area contributed by atoms with Gasteiger partial charge in [-0.3, -0.25) is 9.48 Å². The van der Waals surface area contributed by atoms with Crippen LogP contribution in [-0.4, -0.2) is 37.0 Å². The molecular formula is C14H24N2O4S. The van der Waals surface area contributed by atoms with E-state index in [0.29, 0.717) is 5.69 Å². The normalized spacial score (nSPS) is 13.4. The lowest BCUT2D eigenvalue weighted by atomic mass is 10.2. The average molecular weight is 316 g/mol. The zero-order valence-corrected chi connectivity index (χ0v) is 13.9. The number of sulfone groups is 1. The highest BCUT2D eigenvalue weighted by Gasteiger charge is 2.23. The number of carbonyl (C=O) groups excluding carboxylic acids is 1. The minimum Gasteiger partial charge on any atom is -0.469 e. The summed E-state index contributed by atoms with van der Waals surface area (Å²) in [7, 11) is -2.14. The van der Waals surface area contributed by atoms with Crippen molar-refractivity contribution in [1.82, 2.24) is 9.78 Å². The maximum Gasteiger partial charge on any atom is 0.309 e. The number of esters is 1. The van der Waals surface area contributed by atoms with Crippen molar-refractivity contribution in [3.8, 4) is 0 Å². The number of hydrogen-bond donors (Lipinski definition) is 0. The van der Waals surface area contributed by atoms with Crippen LogP contribution < -0.4 is 0 Å². The summed E-state index contributed by atoms with van der Waals surface area (Å²) in [6.07, 6.45) is 3.71. The monoisotopic (exact) mass is 316 g/mol. The second-order valence-electron chi connectivity index (χ2n) is 5.24. The second kappa shape index (κ2) is 7.59. The summed E-state index contributed by atoms with van der Waals surface area (Å²) >= 11 is 0. The van der Waals surface area contributed by atoms with E-state index in [-0.39, 0.29) is 17.5 Å². The van der Waals surface area contributed by atoms with Crippen LogP contribution in [0.4, 0.5) is 0 Å². The third-order valence-electron chi connectivity index (χ3n) is 3.46. The minimum atomic E-state index is -3.39. The molecule has 0 aliphatic carbocycles. The molecule has 0 aliphatic heterocycles. The van der Waals surface area contributed by atoms with Crippen LogP contribution in [-0.2, 0) is 25.1 Å². The highest BCUT2D eigenvalue weighted by Crippen LogP contribution is 2.16. The molecule has 1 unspecified atom stereocenters. The summed E-state index contributed by atoms with van der Waals surface area (Å²) < 4.78 is 30.5. The standard InChI is InChI=1S/C14H24N2O4S/c1-5-13(6-2)16-8-7-12(15-16)10-21(18,19)9-11(3)14(17)20-4/h7-8,11,13H,5-6,9-10H2,1-4H3. The molecule has 0 bridgehead atoms. The maximum atomic E-state index is 12.1. The topological polar surface area (TPSA) is 78.3 Å². The van der Waals surface area contributed by atoms with E-state index < -0.39 is 21.7 Å². The van der Waals surface area contributed by atoms with Crippen LogP contribution in [0, 0.1) is 5.92 Å². The van der Waals surface area contributed by atoms with E-state index in [9.17, 15) is 13.2 Å². The molecule has 0 radical (unpaired) electrons. The lowest BCUT2D eigenvalue weighted by molar-refractivity contribution is -0.144. The predicted octanol–water partition coefficient (Wildman–Crippen LogP) is 1.97. The van der Waals surface area contributed by atoms with Crippen LogP contribution in [0.25, 0.3) is 0 Å². The number of carbonyl (C=O) groups is 1. The molecule has 7 heteroatoms. The lowest BCUT2D eigenvalue weighted by Crippen LogP contribution is -2.23. The number of hydrogen-bond acceptors (Lipinski definition) is 5. The van der Waals surface area contributed by atoms with Crippen molar-refractivity contribution in [2.45, 2.75) is 45.4 Å². The molecule has 1 rings (SSSR count). The summed E-state index contributed by atoms with van der Waals surface area (Å²) in [6.45, 7) is 5.70. The Morgan fingerprint density at radius 1 is 1.38 bits per heavy atom. The minimum absolute atomic E-state index is 0.151. The first-order valence-electron chi connectivity index (χ1n) is 7.15. The van der Waals surface area contributed by atoms with Crippen molar-refractivity contribution < 1.29 is 17.9 Å². The van der Waals surface area contributed by atoms with Crippen molar-refractivity contribution in [3.05, 3.63) is 18.0 Å². The lowest BCUT2D eigenvalue weighted by Gasteiger charge is -2.12. The molecule has 0 fully saturated rings. The molecule has 0 saturated heterocycles. The van der Waals surface area contributed by atoms with Gasteiger partial charge in [-0.25, -0.2) is 8.42 Å². The second-order valence-corrected chi connectivity index (χ2v) is 7.35. The zero-order valence-electron chi connectivity index (χ0n) is 13.1. The number of nitrogens with zero attached hydrogens (tertiary/aromatic N) is 2. The van der Waals surface area contributed by atoms with E-state index in [0.717, 1.165) is 12.8 Å². The molecule has 21 heavy (non-hydrogen) atoms. The van der Waals surface area contributed by atoms with E-state index in [2.05, 4.69) is 23.7 Å². The molecule has 1 aromatic rings. The van der Waals surface area contributed by atoms with Gasteiger partial charge >= 0.3 is 5.97 Å². The van der Waals surface area contributed by atoms with Crippen molar-refractivity contribution in [3.63, 3.8) is 0 Å². The predicted molar refractivity (Wildman–Crippen MR) is 80.5 cm³/mol.